The molecule has 3 aliphatic heterocycles. The molecule has 9 heteroatoms. The first kappa shape index (κ1) is 34.8. The quantitative estimate of drug-likeness (QED) is 0.169. The molecule has 3 heterocycles. The highest BCUT2D eigenvalue weighted by Gasteiger charge is 2.58. The number of hydrogen-bond acceptors (Lipinski definition) is 7. The first-order valence-electron chi connectivity index (χ1n) is 16.2. The van der Waals surface area contributed by atoms with Gasteiger partial charge in [-0.05, 0) is 68.7 Å². The fraction of sp³-hybridized carbons (Fsp3) is 0.583. The van der Waals surface area contributed by atoms with Gasteiger partial charge in [0.25, 0.3) is 0 Å². The minimum absolute atomic E-state index is 0.0258. The third-order valence-electron chi connectivity index (χ3n) is 9.07. The highest BCUT2D eigenvalue weighted by atomic mass is 16.6. The van der Waals surface area contributed by atoms with Gasteiger partial charge in [0.1, 0.15) is 23.6 Å². The lowest BCUT2D eigenvalue weighted by Crippen LogP contribution is -2.50. The molecule has 246 valence electrons. The van der Waals surface area contributed by atoms with Crippen LogP contribution in [-0.4, -0.2) is 71.5 Å². The van der Waals surface area contributed by atoms with Gasteiger partial charge in [-0.25, -0.2) is 0 Å². The Balaban J connectivity index is 1.26. The fourth-order valence-corrected chi connectivity index (χ4v) is 6.12. The Hall–Kier alpha value is -3.11. The summed E-state index contributed by atoms with van der Waals surface area (Å²) < 4.78 is 18.2. The highest BCUT2D eigenvalue weighted by Crippen LogP contribution is 2.43. The van der Waals surface area contributed by atoms with Crippen LogP contribution in [0, 0.1) is 11.8 Å². The average Bonchev–Trinajstić information content (AvgIpc) is 3.77. The number of ether oxygens (including phenoxy) is 3. The van der Waals surface area contributed by atoms with E-state index in [0.29, 0.717) is 37.4 Å². The summed E-state index contributed by atoms with van der Waals surface area (Å²) in [6.07, 6.45) is 10.9. The third-order valence-corrected chi connectivity index (χ3v) is 9.07. The van der Waals surface area contributed by atoms with Crippen LogP contribution in [0.4, 0.5) is 0 Å². The minimum Gasteiger partial charge on any atom is -0.387 e. The number of carbonyl (C=O) groups excluding carboxylic acids is 3. The lowest BCUT2D eigenvalue weighted by Gasteiger charge is -2.39. The molecule has 0 radical (unpaired) electrons. The van der Waals surface area contributed by atoms with Crippen molar-refractivity contribution in [2.75, 3.05) is 6.61 Å². The molecular formula is C36H50N2O7. The van der Waals surface area contributed by atoms with Gasteiger partial charge in [0.05, 0.1) is 31.0 Å². The van der Waals surface area contributed by atoms with Crippen molar-refractivity contribution in [3.8, 4) is 0 Å². The number of benzene rings is 1. The van der Waals surface area contributed by atoms with Gasteiger partial charge in [0.15, 0.2) is 0 Å². The molecule has 3 fully saturated rings. The van der Waals surface area contributed by atoms with E-state index in [1.165, 1.54) is 0 Å². The number of amides is 2. The number of hydrogen-bond donors (Lipinski definition) is 3. The van der Waals surface area contributed by atoms with Crippen LogP contribution < -0.4 is 11.1 Å². The second kappa shape index (κ2) is 15.5. The Morgan fingerprint density at radius 3 is 2.49 bits per heavy atom. The molecule has 4 rings (SSSR count). The molecule has 8 atom stereocenters. The molecule has 1 spiro atoms. The van der Waals surface area contributed by atoms with E-state index < -0.39 is 23.7 Å². The van der Waals surface area contributed by atoms with E-state index in [1.807, 2.05) is 58.1 Å². The Morgan fingerprint density at radius 1 is 1.13 bits per heavy atom. The second-order valence-corrected chi connectivity index (χ2v) is 13.4. The van der Waals surface area contributed by atoms with E-state index in [4.69, 9.17) is 19.9 Å². The summed E-state index contributed by atoms with van der Waals surface area (Å²) in [6.45, 7) is 10.7. The number of ketones is 1. The summed E-state index contributed by atoms with van der Waals surface area (Å²) in [4.78, 5) is 36.4. The molecule has 2 amide bonds. The molecule has 1 aromatic rings. The van der Waals surface area contributed by atoms with Crippen LogP contribution in [0.3, 0.4) is 0 Å². The number of epoxide rings is 1. The van der Waals surface area contributed by atoms with E-state index in [2.05, 4.69) is 18.3 Å². The van der Waals surface area contributed by atoms with Crippen LogP contribution in [-0.2, 0) is 30.2 Å². The molecule has 1 aromatic carbocycles. The first-order chi connectivity index (χ1) is 21.3. The van der Waals surface area contributed by atoms with Gasteiger partial charge in [-0.3, -0.25) is 14.4 Å². The van der Waals surface area contributed by atoms with E-state index in [9.17, 15) is 19.5 Å². The summed E-state index contributed by atoms with van der Waals surface area (Å²) in [5, 5.41) is 14.1. The van der Waals surface area contributed by atoms with Crippen molar-refractivity contribution < 1.29 is 33.7 Å². The normalized spacial score (nSPS) is 32.0. The van der Waals surface area contributed by atoms with Gasteiger partial charge in [0, 0.05) is 24.8 Å². The van der Waals surface area contributed by atoms with Crippen molar-refractivity contribution in [1.29, 1.82) is 0 Å². The van der Waals surface area contributed by atoms with Gasteiger partial charge >= 0.3 is 0 Å². The number of Topliss-reactive ketones (excluding diaryl/α,β-unsaturated/α-hetero) is 1. The zero-order valence-corrected chi connectivity index (χ0v) is 27.2. The Kier molecular flexibility index (Phi) is 11.9. The van der Waals surface area contributed by atoms with Gasteiger partial charge in [-0.1, -0.05) is 62.8 Å². The van der Waals surface area contributed by atoms with Gasteiger partial charge in [0.2, 0.25) is 11.8 Å². The van der Waals surface area contributed by atoms with Gasteiger partial charge in [-0.2, -0.15) is 0 Å². The maximum Gasteiger partial charge on any atom is 0.248 e. The molecular weight excluding hydrogens is 572 g/mol. The molecule has 0 bridgehead atoms. The molecule has 4 N–H and O–H groups in total. The van der Waals surface area contributed by atoms with Crippen molar-refractivity contribution >= 4 is 17.6 Å². The Labute approximate surface area is 267 Å². The number of allylic oxidation sites excluding steroid dienone is 3. The van der Waals surface area contributed by atoms with E-state index >= 15 is 0 Å². The van der Waals surface area contributed by atoms with E-state index in [-0.39, 0.29) is 48.4 Å². The van der Waals surface area contributed by atoms with Crippen molar-refractivity contribution in [2.45, 2.75) is 115 Å². The predicted molar refractivity (Wildman–Crippen MR) is 172 cm³/mol. The summed E-state index contributed by atoms with van der Waals surface area (Å²) in [5.41, 5.74) is 7.07. The molecule has 0 saturated carbocycles. The SMILES string of the molecule is CC(/C=C/[C@H]1O[C@H](CC(=O)CCc2ccc(C(N)=O)cc2)C[C@@]2(CO2)[C@@H]1O)=C\C[C@@H]1O[C@H](C)[C@H](NC(=O)/C=C\C(C)C)C[C@@H]1C. The van der Waals surface area contributed by atoms with Gasteiger partial charge in [-0.15, -0.1) is 0 Å². The smallest absolute Gasteiger partial charge is 0.248 e. The second-order valence-electron chi connectivity index (χ2n) is 13.4. The largest absolute Gasteiger partial charge is 0.387 e. The number of aliphatic hydroxyl groups is 1. The van der Waals surface area contributed by atoms with Crippen molar-refractivity contribution in [1.82, 2.24) is 5.32 Å². The predicted octanol–water partition coefficient (Wildman–Crippen LogP) is 4.37. The third kappa shape index (κ3) is 9.94. The lowest BCUT2D eigenvalue weighted by molar-refractivity contribution is -0.144. The first-order valence-corrected chi connectivity index (χ1v) is 16.2. The standard InChI is InChI=1S/C36H50N2O7/c1-22(2)6-17-33(40)38-30-18-24(4)31(44-25(30)5)15-7-23(3)8-16-32-34(41)36(21-43-36)20-29(45-32)19-28(39)14-11-26-9-12-27(13-10-26)35(37)42/h6-10,12-13,16-17,22,24-25,29-32,34,41H,11,14-15,18-21H2,1-5H3,(H2,37,42)(H,38,40)/b16-8+,17-6-,23-7+/t24-,25+,29+,30+,31-,32+,34+,36+/m0/s1. The molecule has 0 aromatic heterocycles. The molecule has 3 saturated heterocycles. The minimum atomic E-state index is -0.804. The summed E-state index contributed by atoms with van der Waals surface area (Å²) in [6, 6.07) is 6.95. The molecule has 45 heavy (non-hydrogen) atoms. The molecule has 9 nitrogen and oxygen atoms in total. The Morgan fingerprint density at radius 2 is 1.84 bits per heavy atom. The summed E-state index contributed by atoms with van der Waals surface area (Å²) in [5.74, 6) is 0.115. The van der Waals surface area contributed by atoms with Crippen LogP contribution in [0.5, 0.6) is 0 Å². The molecule has 0 unspecified atom stereocenters. The fourth-order valence-electron chi connectivity index (χ4n) is 6.12. The zero-order chi connectivity index (χ0) is 32.7. The van der Waals surface area contributed by atoms with Crippen molar-refractivity contribution in [3.05, 3.63) is 71.3 Å². The molecule has 3 aliphatic rings. The zero-order valence-electron chi connectivity index (χ0n) is 27.2. The number of aryl methyl sites for hydroxylation is 1. The number of rotatable bonds is 13. The number of primary amides is 1. The van der Waals surface area contributed by atoms with Crippen molar-refractivity contribution in [2.24, 2.45) is 17.6 Å². The van der Waals surface area contributed by atoms with E-state index in [0.717, 1.165) is 24.0 Å². The van der Waals surface area contributed by atoms with Crippen LogP contribution in [0.25, 0.3) is 0 Å². The number of nitrogens with two attached hydrogens (primary N) is 1. The number of nitrogens with one attached hydrogen (secondary N) is 1. The Bertz CT molecular complexity index is 1280. The number of aliphatic hydroxyl groups excluding tert-OH is 1. The van der Waals surface area contributed by atoms with Crippen LogP contribution in [0.2, 0.25) is 0 Å². The van der Waals surface area contributed by atoms with Crippen LogP contribution in [0.15, 0.2) is 60.2 Å². The van der Waals surface area contributed by atoms with E-state index in [1.54, 1.807) is 18.2 Å². The topological polar surface area (TPSA) is 140 Å². The summed E-state index contributed by atoms with van der Waals surface area (Å²) in [7, 11) is 0. The maximum absolute atomic E-state index is 12.8. The van der Waals surface area contributed by atoms with Crippen LogP contribution >= 0.6 is 0 Å². The summed E-state index contributed by atoms with van der Waals surface area (Å²) >= 11 is 0. The molecule has 0 aliphatic carbocycles. The monoisotopic (exact) mass is 622 g/mol. The highest BCUT2D eigenvalue weighted by molar-refractivity contribution is 5.92. The van der Waals surface area contributed by atoms with Crippen molar-refractivity contribution in [3.63, 3.8) is 0 Å². The lowest BCUT2D eigenvalue weighted by atomic mass is 9.86. The van der Waals surface area contributed by atoms with Gasteiger partial charge < -0.3 is 30.4 Å². The maximum atomic E-state index is 12.8. The average molecular weight is 623 g/mol. The number of carbonyl (C=O) groups is 3. The van der Waals surface area contributed by atoms with Crippen LogP contribution in [0.1, 0.15) is 82.6 Å².